The fourth-order valence-corrected chi connectivity index (χ4v) is 5.29. The largest absolute Gasteiger partial charge is 0.391 e. The molecule has 3 heterocycles. The Morgan fingerprint density at radius 2 is 1.90 bits per heavy atom. The summed E-state index contributed by atoms with van der Waals surface area (Å²) in [6.07, 6.45) is -0.549. The van der Waals surface area contributed by atoms with Crippen molar-refractivity contribution >= 4 is 5.65 Å². The molecule has 1 aliphatic carbocycles. The molecule has 2 fully saturated rings. The Balaban J connectivity index is 1.70. The molecular weight excluding hydrogens is 377 g/mol. The van der Waals surface area contributed by atoms with Gasteiger partial charge in [-0.3, -0.25) is 0 Å². The Hall–Kier alpha value is -1.63. The molecule has 0 amide bonds. The second-order valence-electron chi connectivity index (χ2n) is 8.92. The fraction of sp³-hybridized carbons (Fsp3) is 0.727. The molecule has 1 saturated carbocycles. The van der Waals surface area contributed by atoms with Crippen LogP contribution in [0.4, 0.5) is 13.2 Å². The Bertz CT molecular complexity index is 865. The number of hydrogen-bond acceptors (Lipinski definition) is 3. The van der Waals surface area contributed by atoms with Gasteiger partial charge in [-0.25, -0.2) is 9.50 Å². The van der Waals surface area contributed by atoms with Gasteiger partial charge in [-0.2, -0.15) is 18.3 Å². The molecule has 1 N–H and O–H groups in total. The fourth-order valence-electron chi connectivity index (χ4n) is 5.29. The first kappa shape index (κ1) is 20.6. The van der Waals surface area contributed by atoms with Crippen LogP contribution in [0.2, 0.25) is 0 Å². The number of aromatic nitrogens is 3. The van der Waals surface area contributed by atoms with E-state index in [1.807, 2.05) is 10.6 Å². The van der Waals surface area contributed by atoms with Gasteiger partial charge in [0.15, 0.2) is 5.65 Å². The lowest BCUT2D eigenvalue weighted by Gasteiger charge is -2.31. The second kappa shape index (κ2) is 7.89. The maximum atomic E-state index is 13.0. The Kier molecular flexibility index (Phi) is 5.62. The van der Waals surface area contributed by atoms with E-state index in [1.165, 1.54) is 11.3 Å². The SMILES string of the molecule is CCc1c(C)nc2cc(C3CCC(C(F)(F)F)CC3)nn2c1[C@H]1CNCC[C@H]1C. The summed E-state index contributed by atoms with van der Waals surface area (Å²) in [5.41, 5.74) is 5.28. The molecule has 0 bridgehead atoms. The molecule has 1 aliphatic heterocycles. The van der Waals surface area contributed by atoms with Crippen LogP contribution in [0, 0.1) is 18.8 Å². The van der Waals surface area contributed by atoms with Gasteiger partial charge < -0.3 is 5.32 Å². The van der Waals surface area contributed by atoms with Crippen LogP contribution in [-0.2, 0) is 6.42 Å². The zero-order valence-corrected chi connectivity index (χ0v) is 17.5. The first-order valence-electron chi connectivity index (χ1n) is 11.0. The summed E-state index contributed by atoms with van der Waals surface area (Å²) in [4.78, 5) is 4.80. The average Bonchev–Trinajstić information content (AvgIpc) is 3.10. The zero-order chi connectivity index (χ0) is 20.8. The predicted octanol–water partition coefficient (Wildman–Crippen LogP) is 5.15. The zero-order valence-electron chi connectivity index (χ0n) is 17.5. The van der Waals surface area contributed by atoms with Crippen molar-refractivity contribution in [3.8, 4) is 0 Å². The van der Waals surface area contributed by atoms with E-state index in [9.17, 15) is 13.2 Å². The van der Waals surface area contributed by atoms with Gasteiger partial charge in [-0.05, 0) is 63.5 Å². The highest BCUT2D eigenvalue weighted by Crippen LogP contribution is 2.43. The number of hydrogen-bond donors (Lipinski definition) is 1. The first-order chi connectivity index (χ1) is 13.8. The lowest BCUT2D eigenvalue weighted by atomic mass is 9.80. The van der Waals surface area contributed by atoms with Crippen molar-refractivity contribution in [1.29, 1.82) is 0 Å². The summed E-state index contributed by atoms with van der Waals surface area (Å²) < 4.78 is 41.1. The Morgan fingerprint density at radius 1 is 1.17 bits per heavy atom. The summed E-state index contributed by atoms with van der Waals surface area (Å²) in [5, 5.41) is 8.45. The minimum absolute atomic E-state index is 0.0930. The molecule has 4 rings (SSSR count). The van der Waals surface area contributed by atoms with Crippen molar-refractivity contribution in [2.75, 3.05) is 13.1 Å². The van der Waals surface area contributed by atoms with E-state index in [1.54, 1.807) is 0 Å². The van der Waals surface area contributed by atoms with Crippen molar-refractivity contribution < 1.29 is 13.2 Å². The van der Waals surface area contributed by atoms with Crippen molar-refractivity contribution in [3.63, 3.8) is 0 Å². The lowest BCUT2D eigenvalue weighted by Crippen LogP contribution is -2.35. The summed E-state index contributed by atoms with van der Waals surface area (Å²) in [6, 6.07) is 2.01. The van der Waals surface area contributed by atoms with Crippen LogP contribution >= 0.6 is 0 Å². The van der Waals surface area contributed by atoms with Crippen molar-refractivity contribution in [1.82, 2.24) is 19.9 Å². The average molecular weight is 409 g/mol. The van der Waals surface area contributed by atoms with Gasteiger partial charge in [0, 0.05) is 30.1 Å². The molecule has 0 radical (unpaired) electrons. The maximum Gasteiger partial charge on any atom is 0.391 e. The van der Waals surface area contributed by atoms with Crippen molar-refractivity contribution in [2.45, 2.75) is 77.3 Å². The van der Waals surface area contributed by atoms with E-state index in [4.69, 9.17) is 10.1 Å². The summed E-state index contributed by atoms with van der Waals surface area (Å²) >= 11 is 0. The van der Waals surface area contributed by atoms with E-state index in [2.05, 4.69) is 26.1 Å². The quantitative estimate of drug-likeness (QED) is 0.764. The smallest absolute Gasteiger partial charge is 0.316 e. The minimum atomic E-state index is -4.07. The molecule has 2 atom stereocenters. The van der Waals surface area contributed by atoms with Crippen LogP contribution < -0.4 is 5.32 Å². The third kappa shape index (κ3) is 3.90. The van der Waals surface area contributed by atoms with Gasteiger partial charge in [0.2, 0.25) is 0 Å². The van der Waals surface area contributed by atoms with Crippen LogP contribution in [0.3, 0.4) is 0 Å². The summed E-state index contributed by atoms with van der Waals surface area (Å²) in [5.74, 6) is -0.138. The van der Waals surface area contributed by atoms with Crippen LogP contribution in [0.15, 0.2) is 6.07 Å². The lowest BCUT2D eigenvalue weighted by molar-refractivity contribution is -0.182. The number of piperidine rings is 1. The van der Waals surface area contributed by atoms with Crippen LogP contribution in [-0.4, -0.2) is 33.9 Å². The van der Waals surface area contributed by atoms with E-state index in [0.29, 0.717) is 24.7 Å². The van der Waals surface area contributed by atoms with E-state index >= 15 is 0 Å². The minimum Gasteiger partial charge on any atom is -0.316 e. The van der Waals surface area contributed by atoms with Gasteiger partial charge in [-0.15, -0.1) is 0 Å². The molecule has 160 valence electrons. The highest BCUT2D eigenvalue weighted by molar-refractivity contribution is 5.47. The number of nitrogens with one attached hydrogen (secondary N) is 1. The van der Waals surface area contributed by atoms with Crippen molar-refractivity contribution in [2.24, 2.45) is 11.8 Å². The Labute approximate surface area is 170 Å². The number of alkyl halides is 3. The molecule has 29 heavy (non-hydrogen) atoms. The third-order valence-corrected chi connectivity index (χ3v) is 7.11. The van der Waals surface area contributed by atoms with E-state index < -0.39 is 12.1 Å². The molecule has 0 spiro atoms. The molecule has 2 aliphatic rings. The number of rotatable bonds is 3. The number of nitrogens with zero attached hydrogens (tertiary/aromatic N) is 3. The number of fused-ring (bicyclic) bond motifs is 1. The van der Waals surface area contributed by atoms with Crippen molar-refractivity contribution in [3.05, 3.63) is 28.7 Å². The standard InChI is InChI=1S/C22H31F3N4/c1-4-17-14(3)27-20-11-19(15-5-7-16(8-6-15)22(23,24)25)28-29(20)21(17)18-12-26-10-9-13(18)2/h11,13,15-16,18,26H,4-10,12H2,1-3H3/t13-,15?,16?,18+/m1/s1. The summed E-state index contributed by atoms with van der Waals surface area (Å²) in [7, 11) is 0. The highest BCUT2D eigenvalue weighted by atomic mass is 19.4. The van der Waals surface area contributed by atoms with Gasteiger partial charge in [0.1, 0.15) is 0 Å². The summed E-state index contributed by atoms with van der Waals surface area (Å²) in [6.45, 7) is 8.49. The molecule has 0 aromatic carbocycles. The molecule has 1 saturated heterocycles. The van der Waals surface area contributed by atoms with Gasteiger partial charge >= 0.3 is 6.18 Å². The Morgan fingerprint density at radius 3 is 2.52 bits per heavy atom. The predicted molar refractivity (Wildman–Crippen MR) is 107 cm³/mol. The molecule has 0 unspecified atom stereocenters. The number of aryl methyl sites for hydroxylation is 1. The van der Waals surface area contributed by atoms with Crippen LogP contribution in [0.25, 0.3) is 5.65 Å². The molecule has 2 aromatic heterocycles. The highest BCUT2D eigenvalue weighted by Gasteiger charge is 2.42. The monoisotopic (exact) mass is 408 g/mol. The van der Waals surface area contributed by atoms with E-state index in [0.717, 1.165) is 43.0 Å². The molecular formula is C22H31F3N4. The van der Waals surface area contributed by atoms with Gasteiger partial charge in [0.05, 0.1) is 17.3 Å². The maximum absolute atomic E-state index is 13.0. The van der Waals surface area contributed by atoms with Crippen LogP contribution in [0.5, 0.6) is 0 Å². The molecule has 7 heteroatoms. The second-order valence-corrected chi connectivity index (χ2v) is 8.92. The first-order valence-corrected chi connectivity index (χ1v) is 11.0. The van der Waals surface area contributed by atoms with E-state index in [-0.39, 0.29) is 18.8 Å². The van der Waals surface area contributed by atoms with Gasteiger partial charge in [0.25, 0.3) is 0 Å². The van der Waals surface area contributed by atoms with Crippen LogP contribution in [0.1, 0.15) is 80.4 Å². The normalized spacial score (nSPS) is 28.8. The third-order valence-electron chi connectivity index (χ3n) is 7.11. The molecule has 2 aromatic rings. The number of halogens is 3. The molecule has 4 nitrogen and oxygen atoms in total. The topological polar surface area (TPSA) is 42.2 Å². The van der Waals surface area contributed by atoms with Gasteiger partial charge in [-0.1, -0.05) is 13.8 Å².